The topological polar surface area (TPSA) is 68.1 Å². The second-order valence-electron chi connectivity index (χ2n) is 3.90. The number of nitro groups is 1. The van der Waals surface area contributed by atoms with Crippen LogP contribution in [0.3, 0.4) is 0 Å². The molecule has 0 radical (unpaired) electrons. The zero-order valence-electron chi connectivity index (χ0n) is 10.0. The Morgan fingerprint density at radius 2 is 2.22 bits per heavy atom. The Labute approximate surface area is 103 Å². The molecule has 0 bridgehead atoms. The summed E-state index contributed by atoms with van der Waals surface area (Å²) in [5.41, 5.74) is 0.633. The molecule has 2 rings (SSSR count). The maximum Gasteiger partial charge on any atom is 0.278 e. The van der Waals surface area contributed by atoms with Crippen LogP contribution in [0.5, 0.6) is 0 Å². The molecule has 0 unspecified atom stereocenters. The number of nitrogens with zero attached hydrogens (tertiary/aromatic N) is 2. The quantitative estimate of drug-likeness (QED) is 0.670. The number of fused-ring (bicyclic) bond motifs is 1. The summed E-state index contributed by atoms with van der Waals surface area (Å²) in [6.07, 6.45) is 0. The smallest absolute Gasteiger partial charge is 0.278 e. The van der Waals surface area contributed by atoms with E-state index < -0.39 is 10.7 Å². The second-order valence-corrected chi connectivity index (χ2v) is 3.90. The Morgan fingerprint density at radius 1 is 1.50 bits per heavy atom. The molecule has 0 spiro atoms. The summed E-state index contributed by atoms with van der Waals surface area (Å²) in [6, 6.07) is 3.81. The van der Waals surface area contributed by atoms with Crippen LogP contribution in [-0.2, 0) is 0 Å². The Morgan fingerprint density at radius 3 is 2.83 bits per heavy atom. The number of halogens is 1. The molecule has 1 N–H and O–H groups in total. The van der Waals surface area contributed by atoms with Crippen molar-refractivity contribution in [1.82, 2.24) is 4.98 Å². The number of benzene rings is 1. The third-order valence-corrected chi connectivity index (χ3v) is 2.64. The lowest BCUT2D eigenvalue weighted by Crippen LogP contribution is -2.03. The van der Waals surface area contributed by atoms with E-state index in [0.717, 1.165) is 17.7 Å². The first-order chi connectivity index (χ1) is 8.54. The second kappa shape index (κ2) is 4.56. The number of non-ortho nitro benzene ring substituents is 1. The molecular formula is C12H12FN3O2. The first kappa shape index (κ1) is 12.2. The van der Waals surface area contributed by atoms with E-state index >= 15 is 0 Å². The minimum absolute atomic E-state index is 0.0192. The van der Waals surface area contributed by atoms with E-state index in [1.807, 2.05) is 6.92 Å². The molecule has 0 fully saturated rings. The normalized spacial score (nSPS) is 10.6. The number of anilines is 1. The summed E-state index contributed by atoms with van der Waals surface area (Å²) in [7, 11) is 0. The molecule has 0 aliphatic heterocycles. The Kier molecular flexibility index (Phi) is 3.10. The van der Waals surface area contributed by atoms with E-state index in [1.54, 1.807) is 13.0 Å². The molecule has 0 saturated carbocycles. The van der Waals surface area contributed by atoms with E-state index in [4.69, 9.17) is 0 Å². The Bertz CT molecular complexity index is 628. The van der Waals surface area contributed by atoms with Gasteiger partial charge < -0.3 is 5.32 Å². The summed E-state index contributed by atoms with van der Waals surface area (Å²) < 4.78 is 13.7. The molecule has 6 heteroatoms. The first-order valence-electron chi connectivity index (χ1n) is 5.52. The predicted molar refractivity (Wildman–Crippen MR) is 67.3 cm³/mol. The largest absolute Gasteiger partial charge is 0.370 e. The SMILES string of the molecule is CCNc1nc2c(F)ccc([N+](=O)[O-])c2cc1C. The third-order valence-electron chi connectivity index (χ3n) is 2.64. The lowest BCUT2D eigenvalue weighted by molar-refractivity contribution is -0.383. The van der Waals surface area contributed by atoms with Crippen LogP contribution in [0.4, 0.5) is 15.9 Å². The van der Waals surface area contributed by atoms with Crippen molar-refractivity contribution < 1.29 is 9.31 Å². The van der Waals surface area contributed by atoms with Crippen molar-refractivity contribution in [1.29, 1.82) is 0 Å². The van der Waals surface area contributed by atoms with E-state index in [9.17, 15) is 14.5 Å². The molecule has 0 saturated heterocycles. The molecule has 94 valence electrons. The summed E-state index contributed by atoms with van der Waals surface area (Å²) in [5.74, 6) is -0.0147. The van der Waals surface area contributed by atoms with Gasteiger partial charge in [0.2, 0.25) is 0 Å². The van der Waals surface area contributed by atoms with Crippen molar-refractivity contribution in [3.63, 3.8) is 0 Å². The predicted octanol–water partition coefficient (Wildman–Crippen LogP) is 3.02. The number of rotatable bonds is 3. The van der Waals surface area contributed by atoms with Crippen LogP contribution in [0.15, 0.2) is 18.2 Å². The van der Waals surface area contributed by atoms with Crippen LogP contribution in [0.1, 0.15) is 12.5 Å². The zero-order chi connectivity index (χ0) is 13.3. The summed E-state index contributed by atoms with van der Waals surface area (Å²) in [4.78, 5) is 14.5. The van der Waals surface area contributed by atoms with Gasteiger partial charge in [0.15, 0.2) is 0 Å². The van der Waals surface area contributed by atoms with Gasteiger partial charge in [0.05, 0.1) is 10.3 Å². The molecule has 0 atom stereocenters. The zero-order valence-corrected chi connectivity index (χ0v) is 10.0. The monoisotopic (exact) mass is 249 g/mol. The molecule has 1 heterocycles. The van der Waals surface area contributed by atoms with Gasteiger partial charge in [-0.3, -0.25) is 10.1 Å². The molecule has 0 aliphatic rings. The van der Waals surface area contributed by atoms with E-state index in [1.165, 1.54) is 0 Å². The summed E-state index contributed by atoms with van der Waals surface area (Å²) in [6.45, 7) is 4.32. The molecule has 18 heavy (non-hydrogen) atoms. The van der Waals surface area contributed by atoms with Crippen molar-refractivity contribution >= 4 is 22.4 Å². The van der Waals surface area contributed by atoms with Crippen molar-refractivity contribution in [2.24, 2.45) is 0 Å². The van der Waals surface area contributed by atoms with Crippen molar-refractivity contribution in [3.05, 3.63) is 39.7 Å². The van der Waals surface area contributed by atoms with Crippen LogP contribution >= 0.6 is 0 Å². The highest BCUT2D eigenvalue weighted by molar-refractivity contribution is 5.90. The summed E-state index contributed by atoms with van der Waals surface area (Å²) in [5, 5.41) is 14.1. The Balaban J connectivity index is 2.77. The van der Waals surface area contributed by atoms with Gasteiger partial charge in [0.1, 0.15) is 17.2 Å². The number of nitrogens with one attached hydrogen (secondary N) is 1. The number of hydrogen-bond donors (Lipinski definition) is 1. The van der Waals surface area contributed by atoms with Crippen LogP contribution in [0.2, 0.25) is 0 Å². The number of nitro benzene ring substituents is 1. The maximum absolute atomic E-state index is 13.7. The molecular weight excluding hydrogens is 237 g/mol. The van der Waals surface area contributed by atoms with Gasteiger partial charge in [-0.25, -0.2) is 9.37 Å². The number of aromatic nitrogens is 1. The minimum Gasteiger partial charge on any atom is -0.370 e. The molecule has 5 nitrogen and oxygen atoms in total. The van der Waals surface area contributed by atoms with Gasteiger partial charge in [0, 0.05) is 12.6 Å². The Hall–Kier alpha value is -2.24. The van der Waals surface area contributed by atoms with Gasteiger partial charge in [-0.05, 0) is 31.5 Å². The van der Waals surface area contributed by atoms with Gasteiger partial charge in [-0.1, -0.05) is 0 Å². The minimum atomic E-state index is -0.560. The average Bonchev–Trinajstić information content (AvgIpc) is 2.31. The molecule has 0 amide bonds. The molecule has 1 aromatic carbocycles. The van der Waals surface area contributed by atoms with Crippen molar-refractivity contribution in [2.45, 2.75) is 13.8 Å². The van der Waals surface area contributed by atoms with E-state index in [-0.39, 0.29) is 16.6 Å². The fourth-order valence-corrected chi connectivity index (χ4v) is 1.82. The fraction of sp³-hybridized carbons (Fsp3) is 0.250. The highest BCUT2D eigenvalue weighted by atomic mass is 19.1. The van der Waals surface area contributed by atoms with Crippen molar-refractivity contribution in [2.75, 3.05) is 11.9 Å². The van der Waals surface area contributed by atoms with Crippen LogP contribution in [0, 0.1) is 22.9 Å². The van der Waals surface area contributed by atoms with Crippen LogP contribution in [0.25, 0.3) is 10.9 Å². The number of hydrogen-bond acceptors (Lipinski definition) is 4. The van der Waals surface area contributed by atoms with Crippen LogP contribution < -0.4 is 5.32 Å². The fourth-order valence-electron chi connectivity index (χ4n) is 1.82. The average molecular weight is 249 g/mol. The van der Waals surface area contributed by atoms with Gasteiger partial charge in [-0.15, -0.1) is 0 Å². The molecule has 2 aromatic rings. The third kappa shape index (κ3) is 1.97. The standard InChI is InChI=1S/C12H12FN3O2/c1-3-14-12-7(2)6-8-10(16(17)18)5-4-9(13)11(8)15-12/h4-6H,3H2,1-2H3,(H,14,15). The van der Waals surface area contributed by atoms with Gasteiger partial charge in [0.25, 0.3) is 5.69 Å². The first-order valence-corrected chi connectivity index (χ1v) is 5.52. The van der Waals surface area contributed by atoms with Crippen molar-refractivity contribution in [3.8, 4) is 0 Å². The highest BCUT2D eigenvalue weighted by Crippen LogP contribution is 2.29. The lowest BCUT2D eigenvalue weighted by atomic mass is 10.1. The summed E-state index contributed by atoms with van der Waals surface area (Å²) >= 11 is 0. The van der Waals surface area contributed by atoms with Gasteiger partial charge >= 0.3 is 0 Å². The highest BCUT2D eigenvalue weighted by Gasteiger charge is 2.17. The van der Waals surface area contributed by atoms with Gasteiger partial charge in [-0.2, -0.15) is 0 Å². The van der Waals surface area contributed by atoms with E-state index in [0.29, 0.717) is 12.4 Å². The molecule has 1 aromatic heterocycles. The number of pyridine rings is 1. The molecule has 0 aliphatic carbocycles. The van der Waals surface area contributed by atoms with E-state index in [2.05, 4.69) is 10.3 Å². The van der Waals surface area contributed by atoms with Crippen LogP contribution in [-0.4, -0.2) is 16.5 Å². The lowest BCUT2D eigenvalue weighted by Gasteiger charge is -2.08. The number of aryl methyl sites for hydroxylation is 1. The maximum atomic E-state index is 13.7.